The van der Waals surface area contributed by atoms with E-state index in [1.54, 1.807) is 0 Å². The molecule has 1 aliphatic heterocycles. The van der Waals surface area contributed by atoms with E-state index in [1.165, 1.54) is 10.4 Å². The molecule has 1 aliphatic rings. The summed E-state index contributed by atoms with van der Waals surface area (Å²) in [7, 11) is -3.96. The molecule has 0 radical (unpaired) electrons. The van der Waals surface area contributed by atoms with E-state index in [4.69, 9.17) is 0 Å². The van der Waals surface area contributed by atoms with Crippen LogP contribution >= 0.6 is 0 Å². The standard InChI is InChI=1S/C21H22F3N3O2S/c1-15-25-19-7-2-3-8-20(19)27(15)14-16-9-11-26(12-10-16)30(28,29)18-6-4-5-17(13-18)21(22,23)24/h2-8,13,16H,9-12,14H2,1H3. The fraction of sp³-hybridized carbons (Fsp3) is 0.381. The molecule has 1 fully saturated rings. The lowest BCUT2D eigenvalue weighted by Gasteiger charge is -2.31. The predicted molar refractivity (Wildman–Crippen MR) is 107 cm³/mol. The summed E-state index contributed by atoms with van der Waals surface area (Å²) in [6.45, 7) is 3.26. The molecule has 0 atom stereocenters. The van der Waals surface area contributed by atoms with Gasteiger partial charge in [0.2, 0.25) is 10.0 Å². The Balaban J connectivity index is 1.47. The van der Waals surface area contributed by atoms with Gasteiger partial charge < -0.3 is 4.57 Å². The number of sulfonamides is 1. The van der Waals surface area contributed by atoms with Gasteiger partial charge in [0, 0.05) is 19.6 Å². The first-order valence-corrected chi connectivity index (χ1v) is 11.2. The van der Waals surface area contributed by atoms with Crippen molar-refractivity contribution in [3.63, 3.8) is 0 Å². The number of alkyl halides is 3. The summed E-state index contributed by atoms with van der Waals surface area (Å²) in [5.74, 6) is 1.18. The number of hydrogen-bond donors (Lipinski definition) is 0. The largest absolute Gasteiger partial charge is 0.416 e. The molecule has 0 amide bonds. The van der Waals surface area contributed by atoms with Crippen molar-refractivity contribution in [3.8, 4) is 0 Å². The Morgan fingerprint density at radius 2 is 1.77 bits per heavy atom. The smallest absolute Gasteiger partial charge is 0.328 e. The van der Waals surface area contributed by atoms with Crippen LogP contribution in [0.25, 0.3) is 11.0 Å². The summed E-state index contributed by atoms with van der Waals surface area (Å²) in [4.78, 5) is 4.25. The zero-order valence-electron chi connectivity index (χ0n) is 16.4. The predicted octanol–water partition coefficient (Wildman–Crippen LogP) is 4.46. The van der Waals surface area contributed by atoms with Gasteiger partial charge >= 0.3 is 6.18 Å². The minimum Gasteiger partial charge on any atom is -0.328 e. The maximum Gasteiger partial charge on any atom is 0.416 e. The fourth-order valence-corrected chi connectivity index (χ4v) is 5.51. The second kappa shape index (κ2) is 7.70. The number of fused-ring (bicyclic) bond motifs is 1. The van der Waals surface area contributed by atoms with E-state index in [2.05, 4.69) is 9.55 Å². The van der Waals surface area contributed by atoms with Crippen LogP contribution in [-0.2, 0) is 22.7 Å². The Bertz CT molecular complexity index is 1160. The molecule has 2 aromatic carbocycles. The minimum absolute atomic E-state index is 0.272. The first-order chi connectivity index (χ1) is 14.2. The van der Waals surface area contributed by atoms with Crippen molar-refractivity contribution in [2.75, 3.05) is 13.1 Å². The monoisotopic (exact) mass is 437 g/mol. The molecule has 0 saturated carbocycles. The molecule has 4 rings (SSSR count). The lowest BCUT2D eigenvalue weighted by atomic mass is 9.98. The molecule has 2 heterocycles. The van der Waals surface area contributed by atoms with Crippen molar-refractivity contribution in [1.82, 2.24) is 13.9 Å². The molecular formula is C21H22F3N3O2S. The zero-order chi connectivity index (χ0) is 21.5. The maximum absolute atomic E-state index is 13.0. The Labute approximate surface area is 173 Å². The van der Waals surface area contributed by atoms with Crippen LogP contribution in [0.1, 0.15) is 24.2 Å². The number of para-hydroxylation sites is 2. The number of nitrogens with zero attached hydrogens (tertiary/aromatic N) is 3. The summed E-state index contributed by atoms with van der Waals surface area (Å²) < 4.78 is 68.0. The van der Waals surface area contributed by atoms with Gasteiger partial charge in [-0.15, -0.1) is 0 Å². The highest BCUT2D eigenvalue weighted by Crippen LogP contribution is 2.32. The number of rotatable bonds is 4. The van der Waals surface area contributed by atoms with E-state index in [1.807, 2.05) is 31.2 Å². The lowest BCUT2D eigenvalue weighted by molar-refractivity contribution is -0.137. The SMILES string of the molecule is Cc1nc2ccccc2n1CC1CCN(S(=O)(=O)c2cccc(C(F)(F)F)c2)CC1. The third kappa shape index (κ3) is 3.96. The van der Waals surface area contributed by atoms with E-state index in [0.29, 0.717) is 18.9 Å². The summed E-state index contributed by atoms with van der Waals surface area (Å²) in [5, 5.41) is 0. The van der Waals surface area contributed by atoms with E-state index in [0.717, 1.165) is 35.5 Å². The van der Waals surface area contributed by atoms with Crippen LogP contribution in [0.4, 0.5) is 13.2 Å². The molecule has 9 heteroatoms. The summed E-state index contributed by atoms with van der Waals surface area (Å²) in [6, 6.07) is 11.8. The van der Waals surface area contributed by atoms with Crippen molar-refractivity contribution in [2.45, 2.75) is 37.4 Å². The molecular weight excluding hydrogens is 415 g/mol. The molecule has 0 N–H and O–H groups in total. The van der Waals surface area contributed by atoms with E-state index in [9.17, 15) is 21.6 Å². The number of aryl methyl sites for hydroxylation is 1. The third-order valence-electron chi connectivity index (χ3n) is 5.66. The molecule has 0 spiro atoms. The Morgan fingerprint density at radius 1 is 1.07 bits per heavy atom. The summed E-state index contributed by atoms with van der Waals surface area (Å²) in [6.07, 6.45) is -3.29. The lowest BCUT2D eigenvalue weighted by Crippen LogP contribution is -2.39. The van der Waals surface area contributed by atoms with E-state index in [-0.39, 0.29) is 23.9 Å². The van der Waals surface area contributed by atoms with Gasteiger partial charge in [-0.25, -0.2) is 13.4 Å². The van der Waals surface area contributed by atoms with Crippen LogP contribution in [0.3, 0.4) is 0 Å². The number of aromatic nitrogens is 2. The highest BCUT2D eigenvalue weighted by molar-refractivity contribution is 7.89. The zero-order valence-corrected chi connectivity index (χ0v) is 17.2. The van der Waals surface area contributed by atoms with Crippen LogP contribution in [0, 0.1) is 12.8 Å². The number of piperidine rings is 1. The van der Waals surface area contributed by atoms with Gasteiger partial charge in [-0.1, -0.05) is 18.2 Å². The molecule has 0 unspecified atom stereocenters. The van der Waals surface area contributed by atoms with Crippen molar-refractivity contribution < 1.29 is 21.6 Å². The fourth-order valence-electron chi connectivity index (χ4n) is 4.00. The van der Waals surface area contributed by atoms with Crippen molar-refractivity contribution >= 4 is 21.1 Å². The first kappa shape index (κ1) is 20.9. The van der Waals surface area contributed by atoms with Crippen molar-refractivity contribution in [3.05, 3.63) is 59.9 Å². The molecule has 30 heavy (non-hydrogen) atoms. The van der Waals surface area contributed by atoms with Gasteiger partial charge in [-0.2, -0.15) is 17.5 Å². The Morgan fingerprint density at radius 3 is 2.47 bits per heavy atom. The number of benzene rings is 2. The Hall–Kier alpha value is -2.39. The van der Waals surface area contributed by atoms with Crippen molar-refractivity contribution in [1.29, 1.82) is 0 Å². The number of halogens is 3. The average molecular weight is 437 g/mol. The topological polar surface area (TPSA) is 55.2 Å². The molecule has 1 saturated heterocycles. The van der Waals surface area contributed by atoms with Crippen LogP contribution in [0.15, 0.2) is 53.4 Å². The number of imidazole rings is 1. The minimum atomic E-state index is -4.58. The number of hydrogen-bond acceptors (Lipinski definition) is 3. The molecule has 0 bridgehead atoms. The van der Waals surface area contributed by atoms with Crippen LogP contribution in [0.5, 0.6) is 0 Å². The van der Waals surface area contributed by atoms with Crippen molar-refractivity contribution in [2.24, 2.45) is 5.92 Å². The maximum atomic E-state index is 13.0. The second-order valence-corrected chi connectivity index (χ2v) is 9.57. The first-order valence-electron chi connectivity index (χ1n) is 9.75. The highest BCUT2D eigenvalue weighted by atomic mass is 32.2. The molecule has 3 aromatic rings. The van der Waals surface area contributed by atoms with Gasteiger partial charge in [0.15, 0.2) is 0 Å². The molecule has 160 valence electrons. The summed E-state index contributed by atoms with van der Waals surface area (Å²) >= 11 is 0. The third-order valence-corrected chi connectivity index (χ3v) is 7.55. The average Bonchev–Trinajstić information content (AvgIpc) is 3.03. The highest BCUT2D eigenvalue weighted by Gasteiger charge is 2.34. The van der Waals surface area contributed by atoms with Gasteiger partial charge in [-0.05, 0) is 56.0 Å². The Kier molecular flexibility index (Phi) is 5.36. The molecule has 5 nitrogen and oxygen atoms in total. The van der Waals surface area contributed by atoms with Gasteiger partial charge in [-0.3, -0.25) is 0 Å². The normalized spacial score (nSPS) is 16.9. The van der Waals surface area contributed by atoms with E-state index < -0.39 is 21.8 Å². The van der Waals surface area contributed by atoms with Crippen LogP contribution in [-0.4, -0.2) is 35.4 Å². The van der Waals surface area contributed by atoms with Gasteiger partial charge in [0.25, 0.3) is 0 Å². The quantitative estimate of drug-likeness (QED) is 0.605. The summed E-state index contributed by atoms with van der Waals surface area (Å²) in [5.41, 5.74) is 1.02. The van der Waals surface area contributed by atoms with Crippen LogP contribution < -0.4 is 0 Å². The van der Waals surface area contributed by atoms with E-state index >= 15 is 0 Å². The second-order valence-electron chi connectivity index (χ2n) is 7.63. The molecule has 1 aromatic heterocycles. The molecule has 0 aliphatic carbocycles. The van der Waals surface area contributed by atoms with Crippen LogP contribution in [0.2, 0.25) is 0 Å². The van der Waals surface area contributed by atoms with Gasteiger partial charge in [0.1, 0.15) is 5.82 Å². The van der Waals surface area contributed by atoms with Gasteiger partial charge in [0.05, 0.1) is 21.5 Å².